The van der Waals surface area contributed by atoms with Crippen LogP contribution in [0.5, 0.6) is 0 Å². The van der Waals surface area contributed by atoms with Gasteiger partial charge in [0.15, 0.2) is 0 Å². The van der Waals surface area contributed by atoms with E-state index < -0.39 is 19.8 Å². The molecule has 0 fully saturated rings. The molecule has 154 valence electrons. The standard InChI is InChI=1S/C17H23N2O8P/c1-5-25-16(20)19-11-18-15-13(9-27-17(21)26-6-2)7-12(8-14(15)19)10-28(22,23-3)24-4/h7-8,11H,5-6,9-10H2,1-4H3. The third-order valence-electron chi connectivity index (χ3n) is 3.80. The normalized spacial score (nSPS) is 11.4. The van der Waals surface area contributed by atoms with Gasteiger partial charge < -0.3 is 23.3 Å². The lowest BCUT2D eigenvalue weighted by molar-refractivity contribution is 0.0538. The number of hydrogen-bond donors (Lipinski definition) is 0. The van der Waals surface area contributed by atoms with Gasteiger partial charge in [0.25, 0.3) is 0 Å². The van der Waals surface area contributed by atoms with Gasteiger partial charge in [-0.15, -0.1) is 0 Å². The van der Waals surface area contributed by atoms with Crippen molar-refractivity contribution in [2.45, 2.75) is 26.6 Å². The van der Waals surface area contributed by atoms with Crippen molar-refractivity contribution in [3.63, 3.8) is 0 Å². The van der Waals surface area contributed by atoms with Gasteiger partial charge in [-0.1, -0.05) is 0 Å². The number of imidazole rings is 1. The predicted octanol–water partition coefficient (Wildman–Crippen LogP) is 3.70. The number of hydrogen-bond acceptors (Lipinski definition) is 9. The van der Waals surface area contributed by atoms with Gasteiger partial charge in [0.2, 0.25) is 0 Å². The minimum Gasteiger partial charge on any atom is -0.449 e. The molecule has 0 aliphatic heterocycles. The van der Waals surface area contributed by atoms with Crippen molar-refractivity contribution >= 4 is 30.9 Å². The zero-order valence-electron chi connectivity index (χ0n) is 16.2. The Bertz CT molecular complexity index is 887. The Labute approximate surface area is 162 Å². The Hall–Kier alpha value is -2.42. The molecule has 2 rings (SSSR count). The van der Waals surface area contributed by atoms with E-state index >= 15 is 0 Å². The molecule has 0 unspecified atom stereocenters. The average molecular weight is 414 g/mol. The second-order valence-corrected chi connectivity index (χ2v) is 7.81. The number of benzene rings is 1. The minimum absolute atomic E-state index is 0.0453. The molecule has 0 bridgehead atoms. The molecule has 0 spiro atoms. The quantitative estimate of drug-likeness (QED) is 0.471. The van der Waals surface area contributed by atoms with E-state index in [0.29, 0.717) is 22.2 Å². The van der Waals surface area contributed by atoms with E-state index in [-0.39, 0.29) is 26.0 Å². The lowest BCUT2D eigenvalue weighted by Gasteiger charge is -2.15. The van der Waals surface area contributed by atoms with Crippen LogP contribution in [-0.2, 0) is 40.6 Å². The van der Waals surface area contributed by atoms with E-state index in [9.17, 15) is 14.2 Å². The molecule has 0 aliphatic rings. The van der Waals surface area contributed by atoms with Crippen LogP contribution in [0, 0.1) is 0 Å². The lowest BCUT2D eigenvalue weighted by Crippen LogP contribution is -2.12. The van der Waals surface area contributed by atoms with E-state index in [1.165, 1.54) is 25.1 Å². The molecule has 0 aliphatic carbocycles. The van der Waals surface area contributed by atoms with Crippen molar-refractivity contribution in [3.05, 3.63) is 29.6 Å². The fraction of sp³-hybridized carbons (Fsp3) is 0.471. The first-order valence-electron chi connectivity index (χ1n) is 8.53. The smallest absolute Gasteiger partial charge is 0.449 e. The van der Waals surface area contributed by atoms with Crippen molar-refractivity contribution < 1.29 is 37.4 Å². The molecule has 11 heteroatoms. The molecular weight excluding hydrogens is 391 g/mol. The van der Waals surface area contributed by atoms with Gasteiger partial charge in [-0.25, -0.2) is 19.1 Å². The van der Waals surface area contributed by atoms with Gasteiger partial charge in [-0.2, -0.15) is 0 Å². The van der Waals surface area contributed by atoms with Gasteiger partial charge in [0.05, 0.1) is 30.4 Å². The summed E-state index contributed by atoms with van der Waals surface area (Å²) in [5.74, 6) is 0. The van der Waals surface area contributed by atoms with Gasteiger partial charge >= 0.3 is 19.8 Å². The summed E-state index contributed by atoms with van der Waals surface area (Å²) in [6, 6.07) is 3.30. The highest BCUT2D eigenvalue weighted by atomic mass is 31.2. The van der Waals surface area contributed by atoms with Gasteiger partial charge in [0.1, 0.15) is 12.9 Å². The van der Waals surface area contributed by atoms with E-state index in [2.05, 4.69) is 4.98 Å². The maximum absolute atomic E-state index is 12.5. The number of ether oxygens (including phenoxy) is 3. The number of fused-ring (bicyclic) bond motifs is 1. The van der Waals surface area contributed by atoms with Crippen LogP contribution in [-0.4, -0.2) is 49.2 Å². The Morgan fingerprint density at radius 2 is 1.75 bits per heavy atom. The first-order chi connectivity index (χ1) is 13.4. The highest BCUT2D eigenvalue weighted by Gasteiger charge is 2.24. The molecule has 1 heterocycles. The van der Waals surface area contributed by atoms with Crippen molar-refractivity contribution in [3.8, 4) is 0 Å². The van der Waals surface area contributed by atoms with Crippen molar-refractivity contribution in [1.82, 2.24) is 9.55 Å². The summed E-state index contributed by atoms with van der Waals surface area (Å²) in [5, 5.41) is 0. The van der Waals surface area contributed by atoms with Crippen molar-refractivity contribution in [1.29, 1.82) is 0 Å². The lowest BCUT2D eigenvalue weighted by atomic mass is 10.1. The monoisotopic (exact) mass is 414 g/mol. The molecule has 0 saturated heterocycles. The van der Waals surface area contributed by atoms with Gasteiger partial charge in [-0.05, 0) is 31.5 Å². The molecule has 0 radical (unpaired) electrons. The molecule has 0 N–H and O–H groups in total. The summed E-state index contributed by atoms with van der Waals surface area (Å²) < 4.78 is 38.6. The molecule has 1 aromatic heterocycles. The predicted molar refractivity (Wildman–Crippen MR) is 99.3 cm³/mol. The highest BCUT2D eigenvalue weighted by Crippen LogP contribution is 2.50. The second-order valence-electron chi connectivity index (χ2n) is 5.54. The largest absolute Gasteiger partial charge is 0.508 e. The number of carbonyl (C=O) groups is 2. The number of nitrogens with zero attached hydrogens (tertiary/aromatic N) is 2. The maximum atomic E-state index is 12.5. The van der Waals surface area contributed by atoms with Crippen LogP contribution in [0.25, 0.3) is 11.0 Å². The highest BCUT2D eigenvalue weighted by molar-refractivity contribution is 7.52. The number of carbonyl (C=O) groups excluding carboxylic acids is 2. The van der Waals surface area contributed by atoms with Gasteiger partial charge in [0, 0.05) is 19.8 Å². The molecule has 2 aromatic rings. The molecule has 0 atom stereocenters. The molecule has 1 aromatic carbocycles. The van der Waals surface area contributed by atoms with Crippen LogP contribution in [0.15, 0.2) is 18.5 Å². The summed E-state index contributed by atoms with van der Waals surface area (Å²) in [6.07, 6.45) is -0.172. The van der Waals surface area contributed by atoms with E-state index in [0.717, 1.165) is 0 Å². The summed E-state index contributed by atoms with van der Waals surface area (Å²) in [4.78, 5) is 27.9. The van der Waals surface area contributed by atoms with Crippen LogP contribution in [0.4, 0.5) is 9.59 Å². The molecule has 0 amide bonds. The Morgan fingerprint density at radius 1 is 1.07 bits per heavy atom. The number of aromatic nitrogens is 2. The van der Waals surface area contributed by atoms with E-state index in [4.69, 9.17) is 23.3 Å². The zero-order chi connectivity index (χ0) is 20.7. The Morgan fingerprint density at radius 3 is 2.36 bits per heavy atom. The fourth-order valence-electron chi connectivity index (χ4n) is 2.52. The van der Waals surface area contributed by atoms with Crippen LogP contribution < -0.4 is 0 Å². The zero-order valence-corrected chi connectivity index (χ0v) is 17.1. The van der Waals surface area contributed by atoms with Crippen LogP contribution in [0.2, 0.25) is 0 Å². The Kier molecular flexibility index (Phi) is 7.56. The summed E-state index contributed by atoms with van der Waals surface area (Å²) >= 11 is 0. The SMILES string of the molecule is CCOC(=O)OCc1cc(CP(=O)(OC)OC)cc2c1ncn2C(=O)OCC. The summed E-state index contributed by atoms with van der Waals surface area (Å²) in [6.45, 7) is 3.58. The molecule has 28 heavy (non-hydrogen) atoms. The first kappa shape index (κ1) is 21.9. The number of rotatable bonds is 8. The fourth-order valence-corrected chi connectivity index (χ4v) is 3.55. The topological polar surface area (TPSA) is 115 Å². The second kappa shape index (κ2) is 9.68. The first-order valence-corrected chi connectivity index (χ1v) is 10.3. The Balaban J connectivity index is 2.48. The van der Waals surface area contributed by atoms with Gasteiger partial charge in [-0.3, -0.25) is 4.57 Å². The maximum Gasteiger partial charge on any atom is 0.508 e. The average Bonchev–Trinajstić information content (AvgIpc) is 3.10. The van der Waals surface area contributed by atoms with Crippen molar-refractivity contribution in [2.24, 2.45) is 0 Å². The van der Waals surface area contributed by atoms with Crippen molar-refractivity contribution in [2.75, 3.05) is 27.4 Å². The molecular formula is C17H23N2O8P. The molecule has 10 nitrogen and oxygen atoms in total. The third kappa shape index (κ3) is 5.09. The molecule has 0 saturated carbocycles. The summed E-state index contributed by atoms with van der Waals surface area (Å²) in [5.41, 5.74) is 1.90. The van der Waals surface area contributed by atoms with Crippen LogP contribution in [0.3, 0.4) is 0 Å². The van der Waals surface area contributed by atoms with Crippen LogP contribution in [0.1, 0.15) is 25.0 Å². The summed E-state index contributed by atoms with van der Waals surface area (Å²) in [7, 11) is -0.784. The van der Waals surface area contributed by atoms with Crippen LogP contribution >= 0.6 is 7.60 Å². The third-order valence-corrected chi connectivity index (χ3v) is 5.66. The van der Waals surface area contributed by atoms with E-state index in [1.807, 2.05) is 0 Å². The van der Waals surface area contributed by atoms with E-state index in [1.54, 1.807) is 26.0 Å². The minimum atomic E-state index is -3.36.